The van der Waals surface area contributed by atoms with Crippen LogP contribution in [0.25, 0.3) is 0 Å². The van der Waals surface area contributed by atoms with E-state index in [1.54, 1.807) is 27.8 Å². The number of sulfonamides is 1. The molecule has 112 valence electrons. The fourth-order valence-electron chi connectivity index (χ4n) is 2.61. The third-order valence-corrected chi connectivity index (χ3v) is 7.25. The van der Waals surface area contributed by atoms with Crippen molar-refractivity contribution in [3.63, 3.8) is 0 Å². The minimum absolute atomic E-state index is 0.0557. The number of halogens is 1. The molecule has 0 radical (unpaired) electrons. The molecule has 1 saturated heterocycles. The van der Waals surface area contributed by atoms with E-state index >= 15 is 0 Å². The Morgan fingerprint density at radius 2 is 2.14 bits per heavy atom. The Balaban J connectivity index is 1.99. The van der Waals surface area contributed by atoms with Gasteiger partial charge in [0, 0.05) is 21.6 Å². The van der Waals surface area contributed by atoms with Crippen LogP contribution in [-0.2, 0) is 10.0 Å². The predicted molar refractivity (Wildman–Crippen MR) is 88.7 cm³/mol. The normalized spacial score (nSPS) is 20.0. The highest BCUT2D eigenvalue weighted by atomic mass is 79.9. The molecule has 1 aliphatic rings. The van der Waals surface area contributed by atoms with Crippen LogP contribution < -0.4 is 5.73 Å². The zero-order valence-corrected chi connectivity index (χ0v) is 14.4. The summed E-state index contributed by atoms with van der Waals surface area (Å²) in [7, 11) is -3.51. The molecule has 0 spiro atoms. The molecule has 2 N–H and O–H groups in total. The maximum atomic E-state index is 12.9. The molecule has 3 rings (SSSR count). The lowest BCUT2D eigenvalue weighted by molar-refractivity contribution is 0.401. The lowest BCUT2D eigenvalue weighted by Crippen LogP contribution is -2.30. The van der Waals surface area contributed by atoms with Gasteiger partial charge in [0.1, 0.15) is 0 Å². The summed E-state index contributed by atoms with van der Waals surface area (Å²) in [6, 6.07) is 8.70. The van der Waals surface area contributed by atoms with Crippen molar-refractivity contribution in [1.29, 1.82) is 0 Å². The number of hydrogen-bond acceptors (Lipinski definition) is 4. The lowest BCUT2D eigenvalue weighted by Gasteiger charge is -2.23. The highest BCUT2D eigenvalue weighted by Gasteiger charge is 2.36. The van der Waals surface area contributed by atoms with Crippen molar-refractivity contribution >= 4 is 43.0 Å². The summed E-state index contributed by atoms with van der Waals surface area (Å²) < 4.78 is 28.0. The fourth-order valence-corrected chi connectivity index (χ4v) is 5.51. The second kappa shape index (κ2) is 5.72. The van der Waals surface area contributed by atoms with Gasteiger partial charge in [-0.25, -0.2) is 8.42 Å². The molecule has 0 bridgehead atoms. The lowest BCUT2D eigenvalue weighted by atomic mass is 10.2. The summed E-state index contributed by atoms with van der Waals surface area (Å²) in [5.41, 5.74) is 6.25. The molecule has 0 amide bonds. The molecule has 1 atom stereocenters. The topological polar surface area (TPSA) is 63.4 Å². The molecule has 1 aromatic heterocycles. The second-order valence-electron chi connectivity index (χ2n) is 4.97. The number of nitrogens with zero attached hydrogens (tertiary/aromatic N) is 1. The monoisotopic (exact) mass is 386 g/mol. The Morgan fingerprint density at radius 3 is 2.81 bits per heavy atom. The van der Waals surface area contributed by atoms with E-state index in [1.165, 1.54) is 6.07 Å². The molecular weight excluding hydrogens is 372 g/mol. The Bertz CT molecular complexity index is 744. The van der Waals surface area contributed by atoms with E-state index in [0.29, 0.717) is 16.7 Å². The van der Waals surface area contributed by atoms with Gasteiger partial charge >= 0.3 is 0 Å². The van der Waals surface area contributed by atoms with Crippen molar-refractivity contribution in [2.45, 2.75) is 23.8 Å². The summed E-state index contributed by atoms with van der Waals surface area (Å²) in [6.45, 7) is 0.556. The van der Waals surface area contributed by atoms with E-state index in [0.717, 1.165) is 17.7 Å². The van der Waals surface area contributed by atoms with Crippen LogP contribution in [0.2, 0.25) is 0 Å². The molecule has 1 aromatic carbocycles. The van der Waals surface area contributed by atoms with Gasteiger partial charge < -0.3 is 5.73 Å². The standard InChI is InChI=1S/C14H15BrN2O2S2/c15-11-6-5-10(9-12(11)16)21(18,19)17-7-1-3-13(17)14-4-2-8-20-14/h2,4-6,8-9,13H,1,3,7,16H2. The van der Waals surface area contributed by atoms with Crippen molar-refractivity contribution in [1.82, 2.24) is 4.31 Å². The molecule has 1 unspecified atom stereocenters. The van der Waals surface area contributed by atoms with Crippen molar-refractivity contribution in [2.75, 3.05) is 12.3 Å². The molecule has 0 aliphatic carbocycles. The van der Waals surface area contributed by atoms with E-state index in [2.05, 4.69) is 15.9 Å². The highest BCUT2D eigenvalue weighted by Crippen LogP contribution is 2.38. The molecule has 7 heteroatoms. The smallest absolute Gasteiger partial charge is 0.243 e. The summed E-state index contributed by atoms with van der Waals surface area (Å²) in [5, 5.41) is 1.98. The third-order valence-electron chi connectivity index (χ3n) is 3.65. The van der Waals surface area contributed by atoms with Crippen LogP contribution in [0, 0.1) is 0 Å². The van der Waals surface area contributed by atoms with E-state index in [-0.39, 0.29) is 10.9 Å². The van der Waals surface area contributed by atoms with E-state index < -0.39 is 10.0 Å². The summed E-state index contributed by atoms with van der Waals surface area (Å²) in [5.74, 6) is 0. The molecule has 2 aromatic rings. The molecule has 1 fully saturated rings. The minimum Gasteiger partial charge on any atom is -0.398 e. The number of thiophene rings is 1. The van der Waals surface area contributed by atoms with Gasteiger partial charge in [-0.15, -0.1) is 11.3 Å². The Hall–Kier alpha value is -0.890. The molecular formula is C14H15BrN2O2S2. The first kappa shape index (κ1) is 15.0. The summed E-state index contributed by atoms with van der Waals surface area (Å²) >= 11 is 4.89. The van der Waals surface area contributed by atoms with E-state index in [9.17, 15) is 8.42 Å². The number of nitrogens with two attached hydrogens (primary N) is 1. The minimum atomic E-state index is -3.51. The second-order valence-corrected chi connectivity index (χ2v) is 8.70. The average molecular weight is 387 g/mol. The summed E-state index contributed by atoms with van der Waals surface area (Å²) in [4.78, 5) is 1.35. The van der Waals surface area contributed by atoms with Gasteiger partial charge in [-0.1, -0.05) is 6.07 Å². The number of anilines is 1. The van der Waals surface area contributed by atoms with Gasteiger partial charge in [-0.05, 0) is 58.4 Å². The molecule has 21 heavy (non-hydrogen) atoms. The molecule has 2 heterocycles. The molecule has 0 saturated carbocycles. The van der Waals surface area contributed by atoms with Crippen LogP contribution in [0.3, 0.4) is 0 Å². The van der Waals surface area contributed by atoms with Gasteiger partial charge in [0.2, 0.25) is 10.0 Å². The van der Waals surface area contributed by atoms with Gasteiger partial charge in [0.25, 0.3) is 0 Å². The summed E-state index contributed by atoms with van der Waals surface area (Å²) in [6.07, 6.45) is 1.75. The van der Waals surface area contributed by atoms with Gasteiger partial charge in [-0.2, -0.15) is 4.31 Å². The number of nitrogen functional groups attached to an aromatic ring is 1. The van der Waals surface area contributed by atoms with Crippen LogP contribution >= 0.6 is 27.3 Å². The van der Waals surface area contributed by atoms with Crippen LogP contribution in [0.1, 0.15) is 23.8 Å². The molecule has 1 aliphatic heterocycles. The molecule has 4 nitrogen and oxygen atoms in total. The quantitative estimate of drug-likeness (QED) is 0.819. The van der Waals surface area contributed by atoms with Crippen molar-refractivity contribution < 1.29 is 8.42 Å². The van der Waals surface area contributed by atoms with Crippen molar-refractivity contribution in [2.24, 2.45) is 0 Å². The van der Waals surface area contributed by atoms with E-state index in [1.807, 2.05) is 17.5 Å². The number of rotatable bonds is 3. The highest BCUT2D eigenvalue weighted by molar-refractivity contribution is 9.10. The van der Waals surface area contributed by atoms with Crippen molar-refractivity contribution in [3.8, 4) is 0 Å². The van der Waals surface area contributed by atoms with E-state index in [4.69, 9.17) is 5.73 Å². The first-order chi connectivity index (χ1) is 10.00. The first-order valence-corrected chi connectivity index (χ1v) is 9.71. The maximum absolute atomic E-state index is 12.9. The fraction of sp³-hybridized carbons (Fsp3) is 0.286. The Labute approximate surface area is 136 Å². The predicted octanol–water partition coefficient (Wildman–Crippen LogP) is 3.62. The zero-order valence-electron chi connectivity index (χ0n) is 11.2. The van der Waals surface area contributed by atoms with Crippen LogP contribution in [0.5, 0.6) is 0 Å². The first-order valence-electron chi connectivity index (χ1n) is 6.60. The van der Waals surface area contributed by atoms with Crippen LogP contribution in [-0.4, -0.2) is 19.3 Å². The van der Waals surface area contributed by atoms with Gasteiger partial charge in [0.05, 0.1) is 10.9 Å². The SMILES string of the molecule is Nc1cc(S(=O)(=O)N2CCCC2c2cccs2)ccc1Br. The van der Waals surface area contributed by atoms with Crippen LogP contribution in [0.15, 0.2) is 45.1 Å². The van der Waals surface area contributed by atoms with Gasteiger partial charge in [0.15, 0.2) is 0 Å². The number of benzene rings is 1. The van der Waals surface area contributed by atoms with Crippen molar-refractivity contribution in [3.05, 3.63) is 45.1 Å². The zero-order chi connectivity index (χ0) is 15.0. The Kier molecular flexibility index (Phi) is 4.09. The largest absolute Gasteiger partial charge is 0.398 e. The Morgan fingerprint density at radius 1 is 1.33 bits per heavy atom. The van der Waals surface area contributed by atoms with Gasteiger partial charge in [-0.3, -0.25) is 0 Å². The van der Waals surface area contributed by atoms with Crippen LogP contribution in [0.4, 0.5) is 5.69 Å². The number of hydrogen-bond donors (Lipinski definition) is 1. The third kappa shape index (κ3) is 2.75. The maximum Gasteiger partial charge on any atom is 0.243 e. The average Bonchev–Trinajstić information content (AvgIpc) is 3.11.